The molecule has 8 heteroatoms. The first-order valence-corrected chi connectivity index (χ1v) is 10.0. The topological polar surface area (TPSA) is 105 Å². The highest BCUT2D eigenvalue weighted by Gasteiger charge is 2.49. The average Bonchev–Trinajstić information content (AvgIpc) is 3.23. The van der Waals surface area contributed by atoms with E-state index < -0.39 is 24.4 Å². The zero-order valence-electron chi connectivity index (χ0n) is 16.1. The fourth-order valence-corrected chi connectivity index (χ4v) is 4.44. The number of esters is 1. The first-order chi connectivity index (χ1) is 12.9. The zero-order valence-corrected chi connectivity index (χ0v) is 16.1. The molecule has 0 bridgehead atoms. The lowest BCUT2D eigenvalue weighted by atomic mass is 9.89. The summed E-state index contributed by atoms with van der Waals surface area (Å²) in [6, 6.07) is -0.821. The number of carboxylic acids is 1. The second kappa shape index (κ2) is 8.46. The fraction of sp³-hybridized carbons (Fsp3) is 0.842. The van der Waals surface area contributed by atoms with Crippen molar-refractivity contribution in [2.75, 3.05) is 13.1 Å². The Hall–Kier alpha value is -1.83. The van der Waals surface area contributed by atoms with E-state index in [9.17, 15) is 19.5 Å². The van der Waals surface area contributed by atoms with Crippen LogP contribution in [0, 0.1) is 17.8 Å². The second-order valence-corrected chi connectivity index (χ2v) is 8.21. The standard InChI is InChI=1S/C19H30N2O6/c1-11(2)18(26-17(24)12-6-4-3-5-7-12)27-19(25)21-9-8-13-14(21)10-20-15(13)16(22)23/h11-15,18,20H,3-10H2,1-2H3,(H,22,23). The van der Waals surface area contributed by atoms with Crippen LogP contribution >= 0.6 is 0 Å². The lowest BCUT2D eigenvalue weighted by Gasteiger charge is -2.29. The highest BCUT2D eigenvalue weighted by molar-refractivity contribution is 5.76. The first kappa shape index (κ1) is 19.9. The zero-order chi connectivity index (χ0) is 19.6. The van der Waals surface area contributed by atoms with E-state index in [1.54, 1.807) is 4.90 Å². The van der Waals surface area contributed by atoms with Crippen LogP contribution in [0.4, 0.5) is 4.79 Å². The minimum Gasteiger partial charge on any atom is -0.480 e. The van der Waals surface area contributed by atoms with Gasteiger partial charge >= 0.3 is 18.0 Å². The van der Waals surface area contributed by atoms with Crippen LogP contribution in [0.3, 0.4) is 0 Å². The normalized spacial score (nSPS) is 29.4. The van der Waals surface area contributed by atoms with Crippen LogP contribution in [0.1, 0.15) is 52.4 Å². The number of aliphatic carboxylic acids is 1. The van der Waals surface area contributed by atoms with Gasteiger partial charge in [0, 0.05) is 24.9 Å². The second-order valence-electron chi connectivity index (χ2n) is 8.21. The number of nitrogens with zero attached hydrogens (tertiary/aromatic N) is 1. The van der Waals surface area contributed by atoms with Gasteiger partial charge in [-0.15, -0.1) is 0 Å². The third-order valence-corrected chi connectivity index (χ3v) is 6.01. The Labute approximate surface area is 159 Å². The van der Waals surface area contributed by atoms with E-state index in [4.69, 9.17) is 9.47 Å². The van der Waals surface area contributed by atoms with Crippen molar-refractivity contribution in [2.24, 2.45) is 17.8 Å². The Morgan fingerprint density at radius 3 is 2.41 bits per heavy atom. The average molecular weight is 382 g/mol. The van der Waals surface area contributed by atoms with Gasteiger partial charge in [-0.1, -0.05) is 33.1 Å². The Morgan fingerprint density at radius 2 is 1.78 bits per heavy atom. The summed E-state index contributed by atoms with van der Waals surface area (Å²) in [6.45, 7) is 4.58. The molecule has 3 rings (SSSR count). The van der Waals surface area contributed by atoms with Gasteiger partial charge in [-0.25, -0.2) is 4.79 Å². The molecule has 0 spiro atoms. The summed E-state index contributed by atoms with van der Waals surface area (Å²) >= 11 is 0. The van der Waals surface area contributed by atoms with Crippen LogP contribution in [0.15, 0.2) is 0 Å². The molecule has 8 nitrogen and oxygen atoms in total. The van der Waals surface area contributed by atoms with E-state index in [1.807, 2.05) is 13.8 Å². The summed E-state index contributed by atoms with van der Waals surface area (Å²) in [4.78, 5) is 38.0. The van der Waals surface area contributed by atoms with E-state index in [-0.39, 0.29) is 29.8 Å². The van der Waals surface area contributed by atoms with Crippen LogP contribution in [0.25, 0.3) is 0 Å². The van der Waals surface area contributed by atoms with Gasteiger partial charge in [0.2, 0.25) is 0 Å². The van der Waals surface area contributed by atoms with Crippen molar-refractivity contribution < 1.29 is 29.0 Å². The molecule has 3 aliphatic rings. The molecule has 4 unspecified atom stereocenters. The number of ether oxygens (including phenoxy) is 2. The summed E-state index contributed by atoms with van der Waals surface area (Å²) in [5, 5.41) is 12.2. The number of amides is 1. The van der Waals surface area contributed by atoms with Crippen LogP contribution in [0.5, 0.6) is 0 Å². The Morgan fingerprint density at radius 1 is 1.07 bits per heavy atom. The number of carboxylic acid groups (broad SMARTS) is 1. The summed E-state index contributed by atoms with van der Waals surface area (Å²) in [5.41, 5.74) is 0. The van der Waals surface area contributed by atoms with E-state index >= 15 is 0 Å². The molecular weight excluding hydrogens is 352 g/mol. The number of carbonyl (C=O) groups is 3. The first-order valence-electron chi connectivity index (χ1n) is 10.0. The summed E-state index contributed by atoms with van der Waals surface area (Å²) in [6.07, 6.45) is 4.03. The van der Waals surface area contributed by atoms with Crippen molar-refractivity contribution in [3.63, 3.8) is 0 Å². The summed E-state index contributed by atoms with van der Waals surface area (Å²) in [7, 11) is 0. The lowest BCUT2D eigenvalue weighted by Crippen LogP contribution is -2.43. The van der Waals surface area contributed by atoms with Crippen LogP contribution in [-0.2, 0) is 19.1 Å². The highest BCUT2D eigenvalue weighted by atomic mass is 16.7. The molecule has 1 aliphatic carbocycles. The molecule has 0 aromatic rings. The number of rotatable bonds is 5. The molecule has 2 aliphatic heterocycles. The number of carbonyl (C=O) groups excluding carboxylic acids is 2. The van der Waals surface area contributed by atoms with Gasteiger partial charge in [-0.3, -0.25) is 9.59 Å². The summed E-state index contributed by atoms with van der Waals surface area (Å²) < 4.78 is 11.1. The Balaban J connectivity index is 1.57. The quantitative estimate of drug-likeness (QED) is 0.553. The van der Waals surface area contributed by atoms with E-state index in [2.05, 4.69) is 5.32 Å². The number of hydrogen-bond acceptors (Lipinski definition) is 6. The third kappa shape index (κ3) is 4.36. The van der Waals surface area contributed by atoms with Gasteiger partial charge in [-0.05, 0) is 19.3 Å². The van der Waals surface area contributed by atoms with E-state index in [0.717, 1.165) is 32.1 Å². The molecule has 0 aromatic carbocycles. The maximum absolute atomic E-state index is 12.7. The minimum atomic E-state index is -0.921. The fourth-order valence-electron chi connectivity index (χ4n) is 4.44. The van der Waals surface area contributed by atoms with E-state index in [1.165, 1.54) is 0 Å². The van der Waals surface area contributed by atoms with Crippen molar-refractivity contribution in [1.82, 2.24) is 10.2 Å². The van der Waals surface area contributed by atoms with Crippen molar-refractivity contribution >= 4 is 18.0 Å². The van der Waals surface area contributed by atoms with Gasteiger partial charge < -0.3 is 24.8 Å². The number of likely N-dealkylation sites (tertiary alicyclic amines) is 1. The summed E-state index contributed by atoms with van der Waals surface area (Å²) in [5.74, 6) is -1.55. The molecule has 1 saturated carbocycles. The predicted molar refractivity (Wildman–Crippen MR) is 95.8 cm³/mol. The van der Waals surface area contributed by atoms with Gasteiger partial charge in [0.1, 0.15) is 6.04 Å². The molecule has 0 aromatic heterocycles. The van der Waals surface area contributed by atoms with E-state index in [0.29, 0.717) is 19.5 Å². The molecule has 27 heavy (non-hydrogen) atoms. The van der Waals surface area contributed by atoms with Gasteiger partial charge in [0.15, 0.2) is 0 Å². The van der Waals surface area contributed by atoms with Crippen LogP contribution < -0.4 is 5.32 Å². The monoisotopic (exact) mass is 382 g/mol. The highest BCUT2D eigenvalue weighted by Crippen LogP contribution is 2.32. The SMILES string of the molecule is CC(C)C(OC(=O)C1CCCCC1)OC(=O)N1CCC2C(C(=O)O)NCC21. The van der Waals surface area contributed by atoms with Crippen molar-refractivity contribution in [3.8, 4) is 0 Å². The third-order valence-electron chi connectivity index (χ3n) is 6.01. The maximum Gasteiger partial charge on any atom is 0.413 e. The maximum atomic E-state index is 12.7. The molecule has 2 heterocycles. The van der Waals surface area contributed by atoms with Crippen molar-refractivity contribution in [1.29, 1.82) is 0 Å². The minimum absolute atomic E-state index is 0.106. The molecule has 2 saturated heterocycles. The number of nitrogens with one attached hydrogen (secondary N) is 1. The molecule has 0 radical (unpaired) electrons. The molecule has 152 valence electrons. The molecule has 4 atom stereocenters. The van der Waals surface area contributed by atoms with Crippen molar-refractivity contribution in [3.05, 3.63) is 0 Å². The number of fused-ring (bicyclic) bond motifs is 1. The molecule has 3 fully saturated rings. The Bertz CT molecular complexity index is 575. The number of hydrogen-bond donors (Lipinski definition) is 2. The Kier molecular flexibility index (Phi) is 6.24. The van der Waals surface area contributed by atoms with Gasteiger partial charge in [0.25, 0.3) is 6.29 Å². The van der Waals surface area contributed by atoms with Crippen LogP contribution in [0.2, 0.25) is 0 Å². The molecule has 2 N–H and O–H groups in total. The predicted octanol–water partition coefficient (Wildman–Crippen LogP) is 1.98. The molecule has 1 amide bonds. The molecular formula is C19H30N2O6. The van der Waals surface area contributed by atoms with Gasteiger partial charge in [-0.2, -0.15) is 0 Å². The lowest BCUT2D eigenvalue weighted by molar-refractivity contribution is -0.182. The largest absolute Gasteiger partial charge is 0.480 e. The van der Waals surface area contributed by atoms with Crippen molar-refractivity contribution in [2.45, 2.75) is 70.7 Å². The smallest absolute Gasteiger partial charge is 0.413 e. The van der Waals surface area contributed by atoms with Crippen LogP contribution in [-0.4, -0.2) is 59.5 Å². The van der Waals surface area contributed by atoms with Gasteiger partial charge in [0.05, 0.1) is 12.0 Å².